The topological polar surface area (TPSA) is 108 Å². The number of ether oxygens (including phenoxy) is 1. The summed E-state index contributed by atoms with van der Waals surface area (Å²) in [5.74, 6) is -1.23. The fourth-order valence-corrected chi connectivity index (χ4v) is 4.80. The van der Waals surface area contributed by atoms with E-state index in [1.807, 2.05) is 30.3 Å². The molecule has 3 aliphatic rings. The number of amides is 4. The maximum absolute atomic E-state index is 13.2. The molecular formula is C24H24N4O5. The largest absolute Gasteiger partial charge is 0.497 e. The lowest BCUT2D eigenvalue weighted by atomic mass is 10.0. The van der Waals surface area contributed by atoms with Crippen molar-refractivity contribution in [2.75, 3.05) is 31.6 Å². The number of nitrogens with one attached hydrogen (secondary N) is 2. The molecule has 2 N–H and O–H groups in total. The highest BCUT2D eigenvalue weighted by molar-refractivity contribution is 6.23. The zero-order valence-electron chi connectivity index (χ0n) is 18.2. The standard InChI is InChI=1S/C24H24N4O5/c1-33-16-4-2-3-14(11-16)20-13-25-9-10-27(20)15-5-6-17-18(12-15)24(32)28(23(17)31)19-7-8-21(29)26-22(19)30/h2-6,11-12,19-20,25H,7-10,13H2,1H3,(H,26,29,30). The number of carbonyl (C=O) groups excluding carboxylic acids is 4. The van der Waals surface area contributed by atoms with Gasteiger partial charge in [0.25, 0.3) is 11.8 Å². The highest BCUT2D eigenvalue weighted by atomic mass is 16.5. The summed E-state index contributed by atoms with van der Waals surface area (Å²) >= 11 is 0. The molecule has 3 aliphatic heterocycles. The first-order valence-corrected chi connectivity index (χ1v) is 10.9. The normalized spacial score (nSPS) is 22.9. The Kier molecular flexibility index (Phi) is 5.33. The minimum absolute atomic E-state index is 0.0188. The van der Waals surface area contributed by atoms with Gasteiger partial charge in [0.05, 0.1) is 24.3 Å². The number of rotatable bonds is 4. The average molecular weight is 448 g/mol. The van der Waals surface area contributed by atoms with Crippen LogP contribution >= 0.6 is 0 Å². The maximum Gasteiger partial charge on any atom is 0.262 e. The van der Waals surface area contributed by atoms with Crippen molar-refractivity contribution in [2.24, 2.45) is 0 Å². The molecule has 33 heavy (non-hydrogen) atoms. The number of nitrogens with zero attached hydrogens (tertiary/aromatic N) is 2. The van der Waals surface area contributed by atoms with Crippen LogP contribution in [0.2, 0.25) is 0 Å². The molecule has 0 bridgehead atoms. The van der Waals surface area contributed by atoms with Crippen molar-refractivity contribution in [3.8, 4) is 5.75 Å². The van der Waals surface area contributed by atoms with Gasteiger partial charge in [-0.1, -0.05) is 12.1 Å². The number of hydrogen-bond donors (Lipinski definition) is 2. The Labute approximate surface area is 190 Å². The van der Waals surface area contributed by atoms with Crippen LogP contribution in [0.4, 0.5) is 5.69 Å². The van der Waals surface area contributed by atoms with E-state index in [1.54, 1.807) is 19.2 Å². The van der Waals surface area contributed by atoms with Crippen LogP contribution < -0.4 is 20.3 Å². The van der Waals surface area contributed by atoms with Crippen molar-refractivity contribution in [1.29, 1.82) is 0 Å². The molecule has 2 aromatic carbocycles. The van der Waals surface area contributed by atoms with Gasteiger partial charge >= 0.3 is 0 Å². The van der Waals surface area contributed by atoms with Gasteiger partial charge in [-0.3, -0.25) is 29.4 Å². The third-order valence-electron chi connectivity index (χ3n) is 6.48. The van der Waals surface area contributed by atoms with E-state index in [9.17, 15) is 19.2 Å². The zero-order valence-corrected chi connectivity index (χ0v) is 18.2. The van der Waals surface area contributed by atoms with E-state index in [0.29, 0.717) is 0 Å². The van der Waals surface area contributed by atoms with Gasteiger partial charge < -0.3 is 15.0 Å². The Morgan fingerprint density at radius 3 is 2.58 bits per heavy atom. The van der Waals surface area contributed by atoms with E-state index in [-0.39, 0.29) is 30.0 Å². The van der Waals surface area contributed by atoms with E-state index in [0.717, 1.165) is 41.5 Å². The number of piperidine rings is 1. The van der Waals surface area contributed by atoms with Gasteiger partial charge in [0.2, 0.25) is 11.8 Å². The summed E-state index contributed by atoms with van der Waals surface area (Å²) in [6.45, 7) is 2.23. The second-order valence-corrected chi connectivity index (χ2v) is 8.37. The maximum atomic E-state index is 13.2. The lowest BCUT2D eigenvalue weighted by molar-refractivity contribution is -0.136. The third kappa shape index (κ3) is 3.64. The van der Waals surface area contributed by atoms with Crippen molar-refractivity contribution in [2.45, 2.75) is 24.9 Å². The number of methoxy groups -OCH3 is 1. The van der Waals surface area contributed by atoms with E-state index in [4.69, 9.17) is 4.74 Å². The second-order valence-electron chi connectivity index (χ2n) is 8.37. The monoisotopic (exact) mass is 448 g/mol. The third-order valence-corrected chi connectivity index (χ3v) is 6.48. The van der Waals surface area contributed by atoms with Crippen molar-refractivity contribution in [1.82, 2.24) is 15.5 Å². The molecule has 2 unspecified atom stereocenters. The van der Waals surface area contributed by atoms with E-state index < -0.39 is 29.7 Å². The molecule has 2 atom stereocenters. The van der Waals surface area contributed by atoms with Crippen molar-refractivity contribution >= 4 is 29.3 Å². The molecule has 2 fully saturated rings. The van der Waals surface area contributed by atoms with Crippen molar-refractivity contribution < 1.29 is 23.9 Å². The number of imide groups is 2. The van der Waals surface area contributed by atoms with Gasteiger partial charge in [-0.2, -0.15) is 0 Å². The summed E-state index contributed by atoms with van der Waals surface area (Å²) in [6.07, 6.45) is 0.233. The molecule has 0 spiro atoms. The molecule has 2 aromatic rings. The lowest BCUT2D eigenvalue weighted by Gasteiger charge is -2.38. The number of fused-ring (bicyclic) bond motifs is 1. The second kappa shape index (κ2) is 8.32. The van der Waals surface area contributed by atoms with Gasteiger partial charge in [-0.25, -0.2) is 0 Å². The summed E-state index contributed by atoms with van der Waals surface area (Å²) in [7, 11) is 1.63. The van der Waals surface area contributed by atoms with Crippen LogP contribution in [0.1, 0.15) is 45.2 Å². The molecule has 5 rings (SSSR count). The van der Waals surface area contributed by atoms with Gasteiger partial charge in [-0.15, -0.1) is 0 Å². The molecule has 0 aromatic heterocycles. The van der Waals surface area contributed by atoms with Crippen LogP contribution in [0, 0.1) is 0 Å². The number of hydrogen-bond acceptors (Lipinski definition) is 7. The summed E-state index contributed by atoms with van der Waals surface area (Å²) in [4.78, 5) is 53.2. The molecule has 9 heteroatoms. The zero-order chi connectivity index (χ0) is 23.1. The summed E-state index contributed by atoms with van der Waals surface area (Å²) in [5, 5.41) is 5.63. The highest BCUT2D eigenvalue weighted by Crippen LogP contribution is 2.34. The van der Waals surface area contributed by atoms with Crippen LogP contribution in [0.15, 0.2) is 42.5 Å². The van der Waals surface area contributed by atoms with E-state index in [2.05, 4.69) is 15.5 Å². The Morgan fingerprint density at radius 2 is 1.79 bits per heavy atom. The van der Waals surface area contributed by atoms with Gasteiger partial charge in [0.15, 0.2) is 0 Å². The quantitative estimate of drug-likeness (QED) is 0.678. The fourth-order valence-electron chi connectivity index (χ4n) is 4.80. The summed E-state index contributed by atoms with van der Waals surface area (Å²) < 4.78 is 5.38. The number of carbonyl (C=O) groups is 4. The Morgan fingerprint density at radius 1 is 0.970 bits per heavy atom. The van der Waals surface area contributed by atoms with Gasteiger partial charge in [0.1, 0.15) is 11.8 Å². The molecular weight excluding hydrogens is 424 g/mol. The first-order valence-electron chi connectivity index (χ1n) is 10.9. The first kappa shape index (κ1) is 21.1. The van der Waals surface area contributed by atoms with Crippen LogP contribution in [0.5, 0.6) is 5.75 Å². The Bertz CT molecular complexity index is 1160. The minimum Gasteiger partial charge on any atom is -0.497 e. The van der Waals surface area contributed by atoms with Crippen LogP contribution in [0.25, 0.3) is 0 Å². The van der Waals surface area contributed by atoms with Crippen LogP contribution in [-0.4, -0.2) is 61.3 Å². The smallest absolute Gasteiger partial charge is 0.262 e. The number of piperazine rings is 1. The SMILES string of the molecule is COc1cccc(C2CNCCN2c2ccc3c(c2)C(=O)N(C2CCC(=O)NC2=O)C3=O)c1. The summed E-state index contributed by atoms with van der Waals surface area (Å²) in [6, 6.07) is 12.2. The van der Waals surface area contributed by atoms with E-state index >= 15 is 0 Å². The molecule has 0 aliphatic carbocycles. The lowest BCUT2D eigenvalue weighted by Crippen LogP contribution is -2.54. The predicted molar refractivity (Wildman–Crippen MR) is 119 cm³/mol. The van der Waals surface area contributed by atoms with Crippen molar-refractivity contribution in [3.05, 3.63) is 59.2 Å². The van der Waals surface area contributed by atoms with Gasteiger partial charge in [0, 0.05) is 31.7 Å². The first-order chi connectivity index (χ1) is 16.0. The molecule has 2 saturated heterocycles. The average Bonchev–Trinajstić information content (AvgIpc) is 3.08. The number of benzene rings is 2. The molecule has 0 saturated carbocycles. The molecule has 4 amide bonds. The Balaban J connectivity index is 1.46. The fraction of sp³-hybridized carbons (Fsp3) is 0.333. The van der Waals surface area contributed by atoms with Crippen molar-refractivity contribution in [3.63, 3.8) is 0 Å². The molecule has 0 radical (unpaired) electrons. The summed E-state index contributed by atoms with van der Waals surface area (Å²) in [5.41, 5.74) is 2.47. The van der Waals surface area contributed by atoms with Crippen LogP contribution in [-0.2, 0) is 9.59 Å². The minimum atomic E-state index is -0.970. The predicted octanol–water partition coefficient (Wildman–Crippen LogP) is 1.25. The molecule has 3 heterocycles. The highest BCUT2D eigenvalue weighted by Gasteiger charge is 2.45. The van der Waals surface area contributed by atoms with Crippen LogP contribution in [0.3, 0.4) is 0 Å². The molecule has 170 valence electrons. The number of anilines is 1. The van der Waals surface area contributed by atoms with E-state index in [1.165, 1.54) is 0 Å². The Hall–Kier alpha value is -3.72. The molecule has 9 nitrogen and oxygen atoms in total. The van der Waals surface area contributed by atoms with Gasteiger partial charge in [-0.05, 0) is 42.3 Å².